The minimum absolute atomic E-state index is 0.211. The molecule has 2 rings (SSSR count). The smallest absolute Gasteiger partial charge is 0.261 e. The van der Waals surface area contributed by atoms with E-state index in [1.807, 2.05) is 38.1 Å². The molecule has 168 valence electrons. The van der Waals surface area contributed by atoms with Crippen LogP contribution in [0.4, 0.5) is 0 Å². The van der Waals surface area contributed by atoms with Gasteiger partial charge in [-0.3, -0.25) is 9.59 Å². The molecule has 0 heterocycles. The van der Waals surface area contributed by atoms with Crippen LogP contribution in [0.5, 0.6) is 11.5 Å². The Balaban J connectivity index is 2.18. The highest BCUT2D eigenvalue weighted by molar-refractivity contribution is 9.10. The Morgan fingerprint density at radius 3 is 2.55 bits per heavy atom. The summed E-state index contributed by atoms with van der Waals surface area (Å²) in [5, 5.41) is 3.45. The van der Waals surface area contributed by atoms with E-state index in [0.717, 1.165) is 5.56 Å². The summed E-state index contributed by atoms with van der Waals surface area (Å²) in [6.45, 7) is 6.32. The summed E-state index contributed by atoms with van der Waals surface area (Å²) in [7, 11) is 1.59. The lowest BCUT2D eigenvalue weighted by Gasteiger charge is -2.29. The Hall–Kier alpha value is -2.25. The Bertz CT molecular complexity index is 907. The molecular formula is C23H28BrClN2O4. The lowest BCUT2D eigenvalue weighted by molar-refractivity contribution is -0.142. The standard InChI is InChI=1S/C23H28BrClN2O4/c1-15(2)12-26-23(29)16(3)27(13-17-6-5-7-19(10-17)30-4)22(28)14-31-21-9-8-18(25)11-20(21)24/h5-11,15-16H,12-14H2,1-4H3,(H,26,29)/t16-/m1/s1. The van der Waals surface area contributed by atoms with Crippen molar-refractivity contribution in [3.05, 3.63) is 57.5 Å². The SMILES string of the molecule is COc1cccc(CN(C(=O)COc2ccc(Cl)cc2Br)[C@H](C)C(=O)NCC(C)C)c1. The summed E-state index contributed by atoms with van der Waals surface area (Å²) >= 11 is 9.34. The van der Waals surface area contributed by atoms with Crippen LogP contribution < -0.4 is 14.8 Å². The summed E-state index contributed by atoms with van der Waals surface area (Å²) in [4.78, 5) is 27.3. The molecule has 31 heavy (non-hydrogen) atoms. The molecule has 0 fully saturated rings. The number of nitrogens with one attached hydrogen (secondary N) is 1. The van der Waals surface area contributed by atoms with Gasteiger partial charge in [-0.25, -0.2) is 0 Å². The quantitative estimate of drug-likeness (QED) is 0.503. The van der Waals surface area contributed by atoms with Crippen LogP contribution in [0.1, 0.15) is 26.3 Å². The lowest BCUT2D eigenvalue weighted by Crippen LogP contribution is -2.49. The second-order valence-corrected chi connectivity index (χ2v) is 8.84. The molecule has 0 bridgehead atoms. The minimum Gasteiger partial charge on any atom is -0.497 e. The van der Waals surface area contributed by atoms with Crippen molar-refractivity contribution in [2.45, 2.75) is 33.4 Å². The monoisotopic (exact) mass is 510 g/mol. The van der Waals surface area contributed by atoms with Crippen molar-refractivity contribution >= 4 is 39.3 Å². The fourth-order valence-electron chi connectivity index (χ4n) is 2.82. The molecule has 0 saturated carbocycles. The molecule has 0 aromatic heterocycles. The van der Waals surface area contributed by atoms with Gasteiger partial charge >= 0.3 is 0 Å². The van der Waals surface area contributed by atoms with E-state index in [1.165, 1.54) is 4.90 Å². The average molecular weight is 512 g/mol. The number of ether oxygens (including phenoxy) is 2. The maximum atomic E-state index is 13.1. The third-order valence-corrected chi connectivity index (χ3v) is 5.44. The van der Waals surface area contributed by atoms with E-state index in [9.17, 15) is 9.59 Å². The molecule has 0 aliphatic rings. The first-order valence-corrected chi connectivity index (χ1v) is 11.2. The fourth-order valence-corrected chi connectivity index (χ4v) is 3.61. The zero-order valence-corrected chi connectivity index (χ0v) is 20.5. The predicted molar refractivity (Wildman–Crippen MR) is 126 cm³/mol. The van der Waals surface area contributed by atoms with Gasteiger partial charge in [-0.15, -0.1) is 0 Å². The Morgan fingerprint density at radius 2 is 1.90 bits per heavy atom. The van der Waals surface area contributed by atoms with Gasteiger partial charge in [0.25, 0.3) is 5.91 Å². The highest BCUT2D eigenvalue weighted by Gasteiger charge is 2.26. The summed E-state index contributed by atoms with van der Waals surface area (Å²) in [5.41, 5.74) is 0.851. The molecule has 1 atom stereocenters. The van der Waals surface area contributed by atoms with Crippen LogP contribution in [0.2, 0.25) is 5.02 Å². The number of nitrogens with zero attached hydrogens (tertiary/aromatic N) is 1. The van der Waals surface area contributed by atoms with Gasteiger partial charge in [0, 0.05) is 18.1 Å². The molecular weight excluding hydrogens is 484 g/mol. The maximum Gasteiger partial charge on any atom is 0.261 e. The first-order valence-electron chi connectivity index (χ1n) is 9.99. The molecule has 8 heteroatoms. The molecule has 0 spiro atoms. The number of methoxy groups -OCH3 is 1. The zero-order valence-electron chi connectivity index (χ0n) is 18.2. The number of rotatable bonds is 10. The molecule has 6 nitrogen and oxygen atoms in total. The van der Waals surface area contributed by atoms with Gasteiger partial charge in [0.15, 0.2) is 6.61 Å². The summed E-state index contributed by atoms with van der Waals surface area (Å²) in [6.07, 6.45) is 0. The molecule has 0 saturated heterocycles. The molecule has 2 amide bonds. The van der Waals surface area contributed by atoms with Gasteiger partial charge in [0.05, 0.1) is 11.6 Å². The maximum absolute atomic E-state index is 13.1. The second kappa shape index (κ2) is 12.0. The van der Waals surface area contributed by atoms with Crippen molar-refractivity contribution in [2.75, 3.05) is 20.3 Å². The number of carbonyl (C=O) groups excluding carboxylic acids is 2. The van der Waals surface area contributed by atoms with Gasteiger partial charge in [-0.05, 0) is 64.7 Å². The van der Waals surface area contributed by atoms with Crippen LogP contribution in [-0.4, -0.2) is 43.0 Å². The van der Waals surface area contributed by atoms with Gasteiger partial charge in [0.1, 0.15) is 17.5 Å². The van der Waals surface area contributed by atoms with Crippen molar-refractivity contribution in [3.63, 3.8) is 0 Å². The highest BCUT2D eigenvalue weighted by Crippen LogP contribution is 2.28. The Kier molecular flexibility index (Phi) is 9.65. The third-order valence-electron chi connectivity index (χ3n) is 4.58. The number of hydrogen-bond acceptors (Lipinski definition) is 4. The number of carbonyl (C=O) groups is 2. The first kappa shape index (κ1) is 25.0. The van der Waals surface area contributed by atoms with E-state index in [2.05, 4.69) is 21.2 Å². The summed E-state index contributed by atoms with van der Waals surface area (Å²) in [5.74, 6) is 0.970. The molecule has 0 aliphatic carbocycles. The van der Waals surface area contributed by atoms with E-state index < -0.39 is 6.04 Å². The zero-order chi connectivity index (χ0) is 23.0. The van der Waals surface area contributed by atoms with Crippen LogP contribution in [0, 0.1) is 5.92 Å². The van der Waals surface area contributed by atoms with E-state index in [0.29, 0.717) is 33.5 Å². The largest absolute Gasteiger partial charge is 0.497 e. The fraction of sp³-hybridized carbons (Fsp3) is 0.391. The molecule has 0 radical (unpaired) electrons. The number of amides is 2. The second-order valence-electron chi connectivity index (χ2n) is 7.55. The van der Waals surface area contributed by atoms with Gasteiger partial charge in [-0.1, -0.05) is 37.6 Å². The van der Waals surface area contributed by atoms with Crippen LogP contribution >= 0.6 is 27.5 Å². The lowest BCUT2D eigenvalue weighted by atomic mass is 10.1. The number of hydrogen-bond donors (Lipinski definition) is 1. The Labute approximate surface area is 197 Å². The van der Waals surface area contributed by atoms with Crippen molar-refractivity contribution < 1.29 is 19.1 Å². The van der Waals surface area contributed by atoms with Crippen LogP contribution in [0.15, 0.2) is 46.9 Å². The highest BCUT2D eigenvalue weighted by atomic mass is 79.9. The van der Waals surface area contributed by atoms with E-state index in [-0.39, 0.29) is 25.0 Å². The molecule has 2 aromatic carbocycles. The van der Waals surface area contributed by atoms with Gasteiger partial charge in [0.2, 0.25) is 5.91 Å². The summed E-state index contributed by atoms with van der Waals surface area (Å²) < 4.78 is 11.6. The molecule has 2 aromatic rings. The topological polar surface area (TPSA) is 67.9 Å². The van der Waals surface area contributed by atoms with E-state index in [4.69, 9.17) is 21.1 Å². The third kappa shape index (κ3) is 7.74. The molecule has 0 unspecified atom stereocenters. The number of halogens is 2. The minimum atomic E-state index is -0.672. The average Bonchev–Trinajstić information content (AvgIpc) is 2.74. The number of benzene rings is 2. The van der Waals surface area contributed by atoms with Crippen molar-refractivity contribution in [3.8, 4) is 11.5 Å². The van der Waals surface area contributed by atoms with Gasteiger partial charge < -0.3 is 19.7 Å². The van der Waals surface area contributed by atoms with Crippen molar-refractivity contribution in [1.82, 2.24) is 10.2 Å². The molecule has 1 N–H and O–H groups in total. The Morgan fingerprint density at radius 1 is 1.16 bits per heavy atom. The van der Waals surface area contributed by atoms with Crippen LogP contribution in [-0.2, 0) is 16.1 Å². The molecule has 0 aliphatic heterocycles. The van der Waals surface area contributed by atoms with Gasteiger partial charge in [-0.2, -0.15) is 0 Å². The van der Waals surface area contributed by atoms with Crippen molar-refractivity contribution in [1.29, 1.82) is 0 Å². The first-order chi connectivity index (χ1) is 14.7. The van der Waals surface area contributed by atoms with E-state index in [1.54, 1.807) is 32.2 Å². The predicted octanol–water partition coefficient (Wildman–Crippen LogP) is 4.68. The van der Waals surface area contributed by atoms with Crippen LogP contribution in [0.25, 0.3) is 0 Å². The normalized spacial score (nSPS) is 11.7. The van der Waals surface area contributed by atoms with Crippen molar-refractivity contribution in [2.24, 2.45) is 5.92 Å². The van der Waals surface area contributed by atoms with Crippen LogP contribution in [0.3, 0.4) is 0 Å². The summed E-state index contributed by atoms with van der Waals surface area (Å²) in [6, 6.07) is 11.8. The van der Waals surface area contributed by atoms with E-state index >= 15 is 0 Å².